The average Bonchev–Trinajstić information content (AvgIpc) is 3.09. The Bertz CT molecular complexity index is 841. The van der Waals surface area contributed by atoms with Crippen LogP contribution in [0.15, 0.2) is 12.1 Å². The van der Waals surface area contributed by atoms with Gasteiger partial charge < -0.3 is 10.1 Å². The van der Waals surface area contributed by atoms with Crippen LogP contribution in [-0.4, -0.2) is 37.7 Å². The van der Waals surface area contributed by atoms with E-state index in [4.69, 9.17) is 4.74 Å². The quantitative estimate of drug-likeness (QED) is 0.892. The number of nitrogens with one attached hydrogen (secondary N) is 1. The van der Waals surface area contributed by atoms with E-state index < -0.39 is 0 Å². The number of hydrogen-bond donors (Lipinski definition) is 1. The Morgan fingerprint density at radius 1 is 1.30 bits per heavy atom. The third-order valence-corrected chi connectivity index (χ3v) is 5.00. The topological polar surface area (TPSA) is 74.0 Å². The molecule has 3 rings (SSSR count). The van der Waals surface area contributed by atoms with Crippen molar-refractivity contribution in [2.45, 2.75) is 71.4 Å². The van der Waals surface area contributed by atoms with Crippen LogP contribution in [-0.2, 0) is 17.2 Å². The molecule has 7 nitrogen and oxygen atoms in total. The molecular weight excluding hydrogens is 342 g/mol. The Labute approximate surface area is 161 Å². The first-order valence-electron chi connectivity index (χ1n) is 9.52. The van der Waals surface area contributed by atoms with Crippen molar-refractivity contribution in [2.75, 3.05) is 11.9 Å². The zero-order valence-electron chi connectivity index (χ0n) is 17.5. The maximum absolute atomic E-state index is 12.9. The second kappa shape index (κ2) is 6.78. The minimum absolute atomic E-state index is 0.109. The molecule has 1 amide bonds. The Morgan fingerprint density at radius 3 is 2.59 bits per heavy atom. The first-order valence-corrected chi connectivity index (χ1v) is 9.52. The van der Waals surface area contributed by atoms with Crippen LogP contribution in [0.3, 0.4) is 0 Å². The Morgan fingerprint density at radius 2 is 2.00 bits per heavy atom. The number of hydrogen-bond acceptors (Lipinski definition) is 4. The van der Waals surface area contributed by atoms with Crippen LogP contribution in [0.25, 0.3) is 0 Å². The van der Waals surface area contributed by atoms with Crippen molar-refractivity contribution < 1.29 is 9.53 Å². The van der Waals surface area contributed by atoms with Crippen LogP contribution in [0.5, 0.6) is 0 Å². The van der Waals surface area contributed by atoms with Gasteiger partial charge in [0.1, 0.15) is 11.5 Å². The lowest BCUT2D eigenvalue weighted by Crippen LogP contribution is -2.36. The van der Waals surface area contributed by atoms with E-state index in [-0.39, 0.29) is 23.0 Å². The summed E-state index contributed by atoms with van der Waals surface area (Å²) in [6.45, 7) is 13.1. The number of amides is 1. The highest BCUT2D eigenvalue weighted by Gasteiger charge is 2.32. The van der Waals surface area contributed by atoms with Gasteiger partial charge in [-0.15, -0.1) is 0 Å². The summed E-state index contributed by atoms with van der Waals surface area (Å²) in [5.41, 5.74) is 2.02. The first kappa shape index (κ1) is 19.6. The fourth-order valence-electron chi connectivity index (χ4n) is 3.52. The molecule has 27 heavy (non-hydrogen) atoms. The number of ether oxygens (including phenoxy) is 1. The van der Waals surface area contributed by atoms with E-state index in [0.29, 0.717) is 12.3 Å². The van der Waals surface area contributed by atoms with Crippen LogP contribution >= 0.6 is 0 Å². The van der Waals surface area contributed by atoms with E-state index in [9.17, 15) is 4.79 Å². The predicted molar refractivity (Wildman–Crippen MR) is 105 cm³/mol. The molecule has 1 atom stereocenters. The molecule has 1 N–H and O–H groups in total. The van der Waals surface area contributed by atoms with E-state index in [0.717, 1.165) is 30.0 Å². The summed E-state index contributed by atoms with van der Waals surface area (Å²) >= 11 is 0. The minimum Gasteiger partial charge on any atom is -0.375 e. The fourth-order valence-corrected chi connectivity index (χ4v) is 3.52. The highest BCUT2D eigenvalue weighted by atomic mass is 16.5. The minimum atomic E-state index is -0.187. The van der Waals surface area contributed by atoms with E-state index in [1.807, 2.05) is 23.7 Å². The molecule has 1 saturated heterocycles. The van der Waals surface area contributed by atoms with Gasteiger partial charge in [0, 0.05) is 25.1 Å². The molecule has 2 aromatic heterocycles. The SMILES string of the molecule is Cc1cc(NC(=O)c2cc(C(C)(C)C)nn2C)n(C2CCOC(C)(C)C2)n1. The van der Waals surface area contributed by atoms with Crippen LogP contribution < -0.4 is 5.32 Å². The summed E-state index contributed by atoms with van der Waals surface area (Å²) in [5.74, 6) is 0.548. The third-order valence-electron chi connectivity index (χ3n) is 5.00. The van der Waals surface area contributed by atoms with Gasteiger partial charge >= 0.3 is 0 Å². The van der Waals surface area contributed by atoms with E-state index in [1.165, 1.54) is 0 Å². The summed E-state index contributed by atoms with van der Waals surface area (Å²) in [7, 11) is 1.80. The summed E-state index contributed by atoms with van der Waals surface area (Å²) in [4.78, 5) is 12.9. The molecule has 0 spiro atoms. The van der Waals surface area contributed by atoms with Gasteiger partial charge in [-0.2, -0.15) is 10.2 Å². The normalized spacial score (nSPS) is 19.9. The summed E-state index contributed by atoms with van der Waals surface area (Å²) < 4.78 is 9.41. The lowest BCUT2D eigenvalue weighted by atomic mass is 9.92. The van der Waals surface area contributed by atoms with E-state index in [2.05, 4.69) is 50.1 Å². The Hall–Kier alpha value is -2.15. The van der Waals surface area contributed by atoms with Gasteiger partial charge in [0.05, 0.1) is 23.0 Å². The van der Waals surface area contributed by atoms with Gasteiger partial charge in [0.25, 0.3) is 5.91 Å². The van der Waals surface area contributed by atoms with Crippen molar-refractivity contribution in [3.05, 3.63) is 29.2 Å². The number of aryl methyl sites for hydroxylation is 2. The molecule has 148 valence electrons. The highest BCUT2D eigenvalue weighted by molar-refractivity contribution is 6.02. The van der Waals surface area contributed by atoms with Gasteiger partial charge in [-0.1, -0.05) is 20.8 Å². The Kier molecular flexibility index (Phi) is 4.93. The summed E-state index contributed by atoms with van der Waals surface area (Å²) in [6.07, 6.45) is 1.74. The maximum Gasteiger partial charge on any atom is 0.275 e. The summed E-state index contributed by atoms with van der Waals surface area (Å²) in [6, 6.07) is 3.98. The maximum atomic E-state index is 12.9. The molecule has 1 aliphatic rings. The van der Waals surface area contributed by atoms with Gasteiger partial charge in [-0.05, 0) is 39.7 Å². The number of rotatable bonds is 3. The average molecular weight is 374 g/mol. The lowest BCUT2D eigenvalue weighted by Gasteiger charge is -2.36. The van der Waals surface area contributed by atoms with Crippen LogP contribution in [0.4, 0.5) is 5.82 Å². The van der Waals surface area contributed by atoms with Gasteiger partial charge in [-0.3, -0.25) is 9.48 Å². The molecule has 0 aromatic carbocycles. The molecule has 1 aliphatic heterocycles. The monoisotopic (exact) mass is 373 g/mol. The molecule has 2 aromatic rings. The largest absolute Gasteiger partial charge is 0.375 e. The van der Waals surface area contributed by atoms with Gasteiger partial charge in [0.2, 0.25) is 0 Å². The summed E-state index contributed by atoms with van der Waals surface area (Å²) in [5, 5.41) is 12.2. The fraction of sp³-hybridized carbons (Fsp3) is 0.650. The highest BCUT2D eigenvalue weighted by Crippen LogP contribution is 2.34. The van der Waals surface area contributed by atoms with Crippen molar-refractivity contribution in [1.82, 2.24) is 19.6 Å². The van der Waals surface area contributed by atoms with Crippen molar-refractivity contribution >= 4 is 11.7 Å². The molecule has 0 bridgehead atoms. The number of carbonyl (C=O) groups is 1. The molecule has 0 aliphatic carbocycles. The van der Waals surface area contributed by atoms with Gasteiger partial charge in [0.15, 0.2) is 0 Å². The molecule has 7 heteroatoms. The second-order valence-corrected chi connectivity index (χ2v) is 9.11. The third kappa shape index (κ3) is 4.24. The molecule has 0 radical (unpaired) electrons. The molecule has 3 heterocycles. The zero-order valence-corrected chi connectivity index (χ0v) is 17.5. The number of carbonyl (C=O) groups excluding carboxylic acids is 1. The number of aromatic nitrogens is 4. The number of anilines is 1. The second-order valence-electron chi connectivity index (χ2n) is 9.11. The first-order chi connectivity index (χ1) is 12.5. The smallest absolute Gasteiger partial charge is 0.275 e. The zero-order chi connectivity index (χ0) is 20.0. The standard InChI is InChI=1S/C20H31N5O2/c1-13-10-17(25(22-13)14-8-9-27-20(5,6)12-14)21-18(26)15-11-16(19(2,3)4)23-24(15)7/h10-11,14H,8-9,12H2,1-7H3,(H,21,26). The van der Waals surface area contributed by atoms with Crippen LogP contribution in [0, 0.1) is 6.92 Å². The van der Waals surface area contributed by atoms with Crippen LogP contribution in [0.2, 0.25) is 0 Å². The van der Waals surface area contributed by atoms with E-state index >= 15 is 0 Å². The van der Waals surface area contributed by atoms with E-state index in [1.54, 1.807) is 11.7 Å². The van der Waals surface area contributed by atoms with Crippen molar-refractivity contribution in [1.29, 1.82) is 0 Å². The Balaban J connectivity index is 1.84. The van der Waals surface area contributed by atoms with Gasteiger partial charge in [-0.25, -0.2) is 4.68 Å². The molecular formula is C20H31N5O2. The predicted octanol–water partition coefficient (Wildman–Crippen LogP) is 3.60. The molecule has 0 saturated carbocycles. The van der Waals surface area contributed by atoms with Crippen molar-refractivity contribution in [3.63, 3.8) is 0 Å². The molecule has 1 fully saturated rings. The lowest BCUT2D eigenvalue weighted by molar-refractivity contribution is -0.0705. The molecule has 1 unspecified atom stereocenters. The number of nitrogens with zero attached hydrogens (tertiary/aromatic N) is 4. The van der Waals surface area contributed by atoms with Crippen molar-refractivity contribution in [2.24, 2.45) is 7.05 Å². The van der Waals surface area contributed by atoms with Crippen molar-refractivity contribution in [3.8, 4) is 0 Å². The van der Waals surface area contributed by atoms with Crippen LogP contribution in [0.1, 0.15) is 75.4 Å².